The summed E-state index contributed by atoms with van der Waals surface area (Å²) in [7, 11) is 0. The molecule has 16 nitrogen and oxygen atoms in total. The lowest BCUT2D eigenvalue weighted by Crippen LogP contribution is -2.58. The zero-order chi connectivity index (χ0) is 27.4. The first-order chi connectivity index (χ1) is 17.6. The fourth-order valence-corrected chi connectivity index (χ4v) is 3.26. The lowest BCUT2D eigenvalue weighted by atomic mass is 10.1. The van der Waals surface area contributed by atoms with Crippen LogP contribution in [0.3, 0.4) is 0 Å². The van der Waals surface area contributed by atoms with Crippen molar-refractivity contribution in [3.05, 3.63) is 36.4 Å². The minimum Gasteiger partial charge on any atom is -0.480 e. The first-order valence-corrected chi connectivity index (χ1v) is 11.5. The zero-order valence-corrected chi connectivity index (χ0v) is 20.3. The number of amides is 3. The van der Waals surface area contributed by atoms with Gasteiger partial charge in [0, 0.05) is 43.2 Å². The Kier molecular flexibility index (Phi) is 11.0. The van der Waals surface area contributed by atoms with Gasteiger partial charge in [-0.15, -0.1) is 0 Å². The zero-order valence-electron chi connectivity index (χ0n) is 20.3. The highest BCUT2D eigenvalue weighted by atomic mass is 16.4. The Balaban J connectivity index is 2.17. The van der Waals surface area contributed by atoms with Gasteiger partial charge in [-0.1, -0.05) is 0 Å². The van der Waals surface area contributed by atoms with Crippen molar-refractivity contribution >= 4 is 29.7 Å². The van der Waals surface area contributed by atoms with Gasteiger partial charge in [0.15, 0.2) is 5.96 Å². The summed E-state index contributed by atoms with van der Waals surface area (Å²) in [6.45, 7) is 1.65. The summed E-state index contributed by atoms with van der Waals surface area (Å²) in [4.78, 5) is 67.6. The van der Waals surface area contributed by atoms with Crippen molar-refractivity contribution < 1.29 is 24.3 Å². The quantitative estimate of drug-likeness (QED) is 0.0647. The molecule has 2 heterocycles. The van der Waals surface area contributed by atoms with E-state index in [1.165, 1.54) is 32.0 Å². The minimum absolute atomic E-state index is 0.0179. The number of nitrogens with two attached hydrogens (primary N) is 3. The third-order valence-corrected chi connectivity index (χ3v) is 5.20. The van der Waals surface area contributed by atoms with Crippen LogP contribution in [0.4, 0.5) is 0 Å². The van der Waals surface area contributed by atoms with Gasteiger partial charge in [-0.3, -0.25) is 19.4 Å². The second-order valence-corrected chi connectivity index (χ2v) is 8.32. The molecule has 16 heteroatoms. The average molecular weight is 520 g/mol. The highest BCUT2D eigenvalue weighted by molar-refractivity contribution is 5.94. The first kappa shape index (κ1) is 28.8. The van der Waals surface area contributed by atoms with Gasteiger partial charge in [0.1, 0.15) is 18.1 Å². The summed E-state index contributed by atoms with van der Waals surface area (Å²) in [6, 6.07) is -4.41. The van der Waals surface area contributed by atoms with Gasteiger partial charge in [0.2, 0.25) is 17.7 Å². The van der Waals surface area contributed by atoms with E-state index in [0.717, 1.165) is 0 Å². The number of carboxylic acids is 1. The molecule has 0 aromatic carbocycles. The molecule has 4 atom stereocenters. The molecule has 0 aliphatic rings. The van der Waals surface area contributed by atoms with Crippen LogP contribution in [0.5, 0.6) is 0 Å². The number of guanidine groups is 1. The maximum atomic E-state index is 13.2. The molecule has 0 saturated heterocycles. The summed E-state index contributed by atoms with van der Waals surface area (Å²) in [6.07, 6.45) is 6.16. The lowest BCUT2D eigenvalue weighted by molar-refractivity contribution is -0.142. The molecule has 0 bridgehead atoms. The second-order valence-electron chi connectivity index (χ2n) is 8.32. The van der Waals surface area contributed by atoms with Crippen LogP contribution in [0.2, 0.25) is 0 Å². The van der Waals surface area contributed by atoms with E-state index in [9.17, 15) is 24.3 Å². The van der Waals surface area contributed by atoms with Gasteiger partial charge in [-0.25, -0.2) is 14.8 Å². The van der Waals surface area contributed by atoms with Crippen LogP contribution in [0, 0.1) is 0 Å². The van der Waals surface area contributed by atoms with Crippen LogP contribution in [-0.2, 0) is 32.0 Å². The Morgan fingerprint density at radius 3 is 1.81 bits per heavy atom. The smallest absolute Gasteiger partial charge is 0.326 e. The van der Waals surface area contributed by atoms with Crippen LogP contribution >= 0.6 is 0 Å². The van der Waals surface area contributed by atoms with Crippen molar-refractivity contribution in [2.75, 3.05) is 6.54 Å². The molecule has 0 aliphatic carbocycles. The summed E-state index contributed by atoms with van der Waals surface area (Å²) in [5.41, 5.74) is 17.2. The highest BCUT2D eigenvalue weighted by Gasteiger charge is 2.30. The number of carbonyl (C=O) groups excluding carboxylic acids is 3. The van der Waals surface area contributed by atoms with Gasteiger partial charge < -0.3 is 48.2 Å². The second kappa shape index (κ2) is 14.2. The van der Waals surface area contributed by atoms with Crippen molar-refractivity contribution in [1.29, 1.82) is 0 Å². The highest BCUT2D eigenvalue weighted by Crippen LogP contribution is 2.06. The Bertz CT molecular complexity index is 1050. The van der Waals surface area contributed by atoms with E-state index in [4.69, 9.17) is 17.2 Å². The molecule has 0 aliphatic heterocycles. The average Bonchev–Trinajstić information content (AvgIpc) is 3.54. The minimum atomic E-state index is -1.26. The predicted octanol–water partition coefficient (Wildman–Crippen LogP) is -3.14. The fourth-order valence-electron chi connectivity index (χ4n) is 3.26. The Morgan fingerprint density at radius 2 is 1.41 bits per heavy atom. The molecular formula is C21H33N11O5. The molecule has 0 spiro atoms. The molecule has 0 radical (unpaired) electrons. The number of rotatable bonds is 15. The normalized spacial score (nSPS) is 14.0. The molecule has 202 valence electrons. The number of hydrogen-bond acceptors (Lipinski definition) is 8. The van der Waals surface area contributed by atoms with Crippen molar-refractivity contribution in [2.45, 2.75) is 56.8 Å². The molecular weight excluding hydrogens is 486 g/mol. The monoisotopic (exact) mass is 519 g/mol. The molecule has 2 aromatic rings. The maximum Gasteiger partial charge on any atom is 0.326 e. The third kappa shape index (κ3) is 9.96. The Hall–Kier alpha value is -4.47. The van der Waals surface area contributed by atoms with Crippen LogP contribution in [-0.4, -0.2) is 85.4 Å². The molecule has 2 rings (SSSR count). The fraction of sp³-hybridized carbons (Fsp3) is 0.476. The van der Waals surface area contributed by atoms with E-state index in [1.54, 1.807) is 0 Å². The molecule has 37 heavy (non-hydrogen) atoms. The maximum absolute atomic E-state index is 13.2. The summed E-state index contributed by atoms with van der Waals surface area (Å²) >= 11 is 0. The standard InChI is InChI=1S/C21H33N11O5/c1-11(22)17(33)31-15(5-12-7-25-9-28-12)19(35)32-16(6-13-8-26-10-29-13)18(34)30-14(20(36)37)3-2-4-27-21(23)24/h7-11,14-16H,2-6,22H2,1H3,(H,25,28)(H,26,29)(H,30,34)(H,31,33)(H,32,35)(H,36,37)(H4,23,24,27). The molecule has 0 fully saturated rings. The van der Waals surface area contributed by atoms with Crippen LogP contribution < -0.4 is 33.2 Å². The number of aromatic nitrogens is 4. The van der Waals surface area contributed by atoms with Gasteiger partial charge in [-0.05, 0) is 19.8 Å². The van der Waals surface area contributed by atoms with Crippen molar-refractivity contribution in [2.24, 2.45) is 22.2 Å². The number of hydrogen-bond donors (Lipinski definition) is 9. The van der Waals surface area contributed by atoms with E-state index in [2.05, 4.69) is 40.9 Å². The summed E-state index contributed by atoms with van der Waals surface area (Å²) in [5.74, 6) is -3.37. The Morgan fingerprint density at radius 1 is 0.919 bits per heavy atom. The lowest BCUT2D eigenvalue weighted by Gasteiger charge is -2.24. The third-order valence-electron chi connectivity index (χ3n) is 5.20. The number of nitrogens with one attached hydrogen (secondary N) is 5. The Labute approximate surface area is 212 Å². The van der Waals surface area contributed by atoms with Gasteiger partial charge in [0.05, 0.1) is 18.7 Å². The van der Waals surface area contributed by atoms with Gasteiger partial charge in [-0.2, -0.15) is 0 Å². The van der Waals surface area contributed by atoms with Crippen LogP contribution in [0.1, 0.15) is 31.2 Å². The molecule has 2 aromatic heterocycles. The van der Waals surface area contributed by atoms with E-state index in [0.29, 0.717) is 17.8 Å². The van der Waals surface area contributed by atoms with E-state index < -0.39 is 47.9 Å². The molecule has 3 amide bonds. The van der Waals surface area contributed by atoms with E-state index in [1.807, 2.05) is 0 Å². The number of aliphatic carboxylic acids is 1. The van der Waals surface area contributed by atoms with Crippen LogP contribution in [0.15, 0.2) is 30.0 Å². The van der Waals surface area contributed by atoms with E-state index >= 15 is 0 Å². The van der Waals surface area contributed by atoms with Crippen LogP contribution in [0.25, 0.3) is 0 Å². The predicted molar refractivity (Wildman–Crippen MR) is 132 cm³/mol. The molecule has 0 saturated carbocycles. The van der Waals surface area contributed by atoms with Crippen molar-refractivity contribution in [3.8, 4) is 0 Å². The number of nitrogens with zero attached hydrogens (tertiary/aromatic N) is 3. The van der Waals surface area contributed by atoms with E-state index in [-0.39, 0.29) is 31.8 Å². The molecule has 4 unspecified atom stereocenters. The number of aliphatic imine (C=N–C) groups is 1. The van der Waals surface area contributed by atoms with Crippen molar-refractivity contribution in [1.82, 2.24) is 35.9 Å². The molecule has 12 N–H and O–H groups in total. The van der Waals surface area contributed by atoms with Gasteiger partial charge >= 0.3 is 5.97 Å². The number of carbonyl (C=O) groups is 4. The van der Waals surface area contributed by atoms with Crippen molar-refractivity contribution in [3.63, 3.8) is 0 Å². The number of imidazole rings is 2. The first-order valence-electron chi connectivity index (χ1n) is 11.5. The van der Waals surface area contributed by atoms with Gasteiger partial charge in [0.25, 0.3) is 0 Å². The topological polar surface area (TPSA) is 272 Å². The SMILES string of the molecule is CC(N)C(=O)NC(Cc1cnc[nH]1)C(=O)NC(Cc1cnc[nH]1)C(=O)NC(CCCN=C(N)N)C(=O)O. The number of carboxylic acid groups (broad SMARTS) is 1. The number of H-pyrrole nitrogens is 2. The summed E-state index contributed by atoms with van der Waals surface area (Å²) < 4.78 is 0. The largest absolute Gasteiger partial charge is 0.480 e. The number of aromatic amines is 2. The summed E-state index contributed by atoms with van der Waals surface area (Å²) in [5, 5.41) is 17.2.